The summed E-state index contributed by atoms with van der Waals surface area (Å²) in [5, 5.41) is 3.54. The van der Waals surface area contributed by atoms with Gasteiger partial charge >= 0.3 is 0 Å². The van der Waals surface area contributed by atoms with Crippen LogP contribution in [0.4, 0.5) is 5.69 Å². The van der Waals surface area contributed by atoms with E-state index in [1.165, 1.54) is 0 Å². The standard InChI is InChI=1S/C14H19BrN2OS/c1-14(2)11(7-12(14)18-3)17-10-5-4-8(15)6-9(10)13(16)19/h4-6,11-12,17H,7H2,1-3H3,(H2,16,19). The summed E-state index contributed by atoms with van der Waals surface area (Å²) in [5.41, 5.74) is 7.76. The molecular weight excluding hydrogens is 324 g/mol. The summed E-state index contributed by atoms with van der Waals surface area (Å²) in [6.45, 7) is 4.42. The van der Waals surface area contributed by atoms with Crippen LogP contribution in [0.5, 0.6) is 0 Å². The summed E-state index contributed by atoms with van der Waals surface area (Å²) >= 11 is 8.55. The normalized spacial score (nSPS) is 24.6. The average Bonchev–Trinajstić information content (AvgIpc) is 2.35. The van der Waals surface area contributed by atoms with Crippen LogP contribution >= 0.6 is 28.1 Å². The lowest BCUT2D eigenvalue weighted by Crippen LogP contribution is -2.57. The van der Waals surface area contributed by atoms with Gasteiger partial charge in [-0.2, -0.15) is 0 Å². The summed E-state index contributed by atoms with van der Waals surface area (Å²) in [4.78, 5) is 0.407. The summed E-state index contributed by atoms with van der Waals surface area (Å²) in [6, 6.07) is 6.31. The van der Waals surface area contributed by atoms with Gasteiger partial charge in [-0.15, -0.1) is 0 Å². The summed E-state index contributed by atoms with van der Waals surface area (Å²) < 4.78 is 6.44. The number of thiocarbonyl (C=S) groups is 1. The highest BCUT2D eigenvalue weighted by molar-refractivity contribution is 9.10. The van der Waals surface area contributed by atoms with Crippen LogP contribution < -0.4 is 11.1 Å². The van der Waals surface area contributed by atoms with Crippen LogP contribution in [0.25, 0.3) is 0 Å². The van der Waals surface area contributed by atoms with E-state index in [4.69, 9.17) is 22.7 Å². The lowest BCUT2D eigenvalue weighted by atomic mass is 9.64. The van der Waals surface area contributed by atoms with Crippen molar-refractivity contribution in [1.82, 2.24) is 0 Å². The molecular formula is C14H19BrN2OS. The van der Waals surface area contributed by atoms with E-state index < -0.39 is 0 Å². The lowest BCUT2D eigenvalue weighted by Gasteiger charge is -2.51. The molecule has 0 radical (unpaired) electrons. The molecule has 104 valence electrons. The van der Waals surface area contributed by atoms with Gasteiger partial charge in [-0.25, -0.2) is 0 Å². The molecule has 1 aromatic rings. The van der Waals surface area contributed by atoms with Gasteiger partial charge in [0.2, 0.25) is 0 Å². The predicted octanol–water partition coefficient (Wildman–Crippen LogP) is 3.31. The first-order chi connectivity index (χ1) is 8.86. The molecule has 1 aliphatic rings. The number of hydrogen-bond acceptors (Lipinski definition) is 3. The highest BCUT2D eigenvalue weighted by Gasteiger charge is 2.48. The summed E-state index contributed by atoms with van der Waals surface area (Å²) in [6.07, 6.45) is 1.30. The first-order valence-electron chi connectivity index (χ1n) is 6.25. The zero-order chi connectivity index (χ0) is 14.2. The Morgan fingerprint density at radius 3 is 2.74 bits per heavy atom. The lowest BCUT2D eigenvalue weighted by molar-refractivity contribution is -0.0794. The molecule has 0 amide bonds. The molecule has 2 unspecified atom stereocenters. The number of nitrogens with one attached hydrogen (secondary N) is 1. The van der Waals surface area contributed by atoms with Crippen LogP contribution in [0, 0.1) is 5.41 Å². The number of anilines is 1. The van der Waals surface area contributed by atoms with Gasteiger partial charge in [0.1, 0.15) is 4.99 Å². The Balaban J connectivity index is 2.19. The quantitative estimate of drug-likeness (QED) is 0.824. The first-order valence-corrected chi connectivity index (χ1v) is 7.45. The van der Waals surface area contributed by atoms with Gasteiger partial charge in [-0.05, 0) is 24.6 Å². The molecule has 1 aliphatic carbocycles. The number of halogens is 1. The van der Waals surface area contributed by atoms with E-state index in [0.29, 0.717) is 17.1 Å². The summed E-state index contributed by atoms with van der Waals surface area (Å²) in [7, 11) is 1.77. The molecule has 0 bridgehead atoms. The largest absolute Gasteiger partial charge is 0.389 e. The topological polar surface area (TPSA) is 47.3 Å². The highest BCUT2D eigenvalue weighted by Crippen LogP contribution is 2.44. The maximum Gasteiger partial charge on any atom is 0.106 e. The zero-order valence-corrected chi connectivity index (χ0v) is 13.8. The van der Waals surface area contributed by atoms with Gasteiger partial charge in [-0.1, -0.05) is 42.0 Å². The van der Waals surface area contributed by atoms with Crippen LogP contribution in [0.3, 0.4) is 0 Å². The van der Waals surface area contributed by atoms with Crippen molar-refractivity contribution < 1.29 is 4.74 Å². The van der Waals surface area contributed by atoms with E-state index >= 15 is 0 Å². The van der Waals surface area contributed by atoms with E-state index in [0.717, 1.165) is 22.1 Å². The second-order valence-corrected chi connectivity index (χ2v) is 6.89. The molecule has 0 saturated heterocycles. The van der Waals surface area contributed by atoms with E-state index in [2.05, 4.69) is 35.1 Å². The molecule has 1 aromatic carbocycles. The van der Waals surface area contributed by atoms with Gasteiger partial charge in [-0.3, -0.25) is 0 Å². The van der Waals surface area contributed by atoms with Crippen LogP contribution in [-0.2, 0) is 4.74 Å². The van der Waals surface area contributed by atoms with Crippen molar-refractivity contribution >= 4 is 38.8 Å². The summed E-state index contributed by atoms with van der Waals surface area (Å²) in [5.74, 6) is 0. The number of ether oxygens (including phenoxy) is 1. The number of nitrogens with two attached hydrogens (primary N) is 1. The second kappa shape index (κ2) is 5.38. The molecule has 1 fully saturated rings. The molecule has 5 heteroatoms. The van der Waals surface area contributed by atoms with Crippen molar-refractivity contribution in [1.29, 1.82) is 0 Å². The Morgan fingerprint density at radius 2 is 2.21 bits per heavy atom. The molecule has 19 heavy (non-hydrogen) atoms. The third-order valence-corrected chi connectivity index (χ3v) is 4.75. The van der Waals surface area contributed by atoms with E-state index in [1.54, 1.807) is 7.11 Å². The van der Waals surface area contributed by atoms with Crippen molar-refractivity contribution in [3.05, 3.63) is 28.2 Å². The molecule has 1 saturated carbocycles. The van der Waals surface area contributed by atoms with Crippen molar-refractivity contribution in [2.75, 3.05) is 12.4 Å². The Morgan fingerprint density at radius 1 is 1.53 bits per heavy atom. The Labute approximate surface area is 128 Å². The maximum atomic E-state index is 5.79. The fraction of sp³-hybridized carbons (Fsp3) is 0.500. The SMILES string of the molecule is COC1CC(Nc2ccc(Br)cc2C(N)=S)C1(C)C. The van der Waals surface area contributed by atoms with Crippen LogP contribution in [0.2, 0.25) is 0 Å². The number of hydrogen-bond donors (Lipinski definition) is 2. The van der Waals surface area contributed by atoms with Crippen molar-refractivity contribution in [3.63, 3.8) is 0 Å². The maximum absolute atomic E-state index is 5.79. The van der Waals surface area contributed by atoms with Crippen molar-refractivity contribution in [3.8, 4) is 0 Å². The minimum atomic E-state index is 0.106. The van der Waals surface area contributed by atoms with Gasteiger partial charge in [0.15, 0.2) is 0 Å². The highest BCUT2D eigenvalue weighted by atomic mass is 79.9. The molecule has 0 spiro atoms. The molecule has 2 rings (SSSR count). The van der Waals surface area contributed by atoms with E-state index in [1.807, 2.05) is 18.2 Å². The predicted molar refractivity (Wildman–Crippen MR) is 86.6 cm³/mol. The minimum absolute atomic E-state index is 0.106. The third-order valence-electron chi connectivity index (χ3n) is 4.04. The fourth-order valence-corrected chi connectivity index (χ4v) is 3.09. The Hall–Kier alpha value is -0.650. The minimum Gasteiger partial charge on any atom is -0.389 e. The molecule has 3 nitrogen and oxygen atoms in total. The van der Waals surface area contributed by atoms with Crippen LogP contribution in [-0.4, -0.2) is 24.2 Å². The van der Waals surface area contributed by atoms with Crippen LogP contribution in [0.1, 0.15) is 25.8 Å². The molecule has 2 atom stereocenters. The molecule has 0 aromatic heterocycles. The third kappa shape index (κ3) is 2.78. The van der Waals surface area contributed by atoms with Crippen molar-refractivity contribution in [2.45, 2.75) is 32.4 Å². The van der Waals surface area contributed by atoms with Gasteiger partial charge < -0.3 is 15.8 Å². The Bertz CT molecular complexity index is 504. The van der Waals surface area contributed by atoms with Gasteiger partial charge in [0.25, 0.3) is 0 Å². The smallest absolute Gasteiger partial charge is 0.106 e. The number of methoxy groups -OCH3 is 1. The molecule has 3 N–H and O–H groups in total. The van der Waals surface area contributed by atoms with Crippen molar-refractivity contribution in [2.24, 2.45) is 11.1 Å². The van der Waals surface area contributed by atoms with Gasteiger partial charge in [0, 0.05) is 34.3 Å². The fourth-order valence-electron chi connectivity index (χ4n) is 2.56. The van der Waals surface area contributed by atoms with E-state index in [9.17, 15) is 0 Å². The molecule has 0 aliphatic heterocycles. The average molecular weight is 343 g/mol. The van der Waals surface area contributed by atoms with Crippen LogP contribution in [0.15, 0.2) is 22.7 Å². The monoisotopic (exact) mass is 342 g/mol. The second-order valence-electron chi connectivity index (χ2n) is 5.53. The molecule has 0 heterocycles. The number of benzene rings is 1. The number of rotatable bonds is 4. The van der Waals surface area contributed by atoms with E-state index in [-0.39, 0.29) is 5.41 Å². The van der Waals surface area contributed by atoms with Gasteiger partial charge in [0.05, 0.1) is 6.10 Å². The zero-order valence-electron chi connectivity index (χ0n) is 11.4. The first kappa shape index (κ1) is 14.8. The Kier molecular flexibility index (Phi) is 4.18.